The van der Waals surface area contributed by atoms with E-state index in [1.54, 1.807) is 12.4 Å². The number of thioether (sulfide) groups is 1. The number of anilines is 1. The molecule has 0 fully saturated rings. The summed E-state index contributed by atoms with van der Waals surface area (Å²) in [6.45, 7) is 4.08. The first-order valence-electron chi connectivity index (χ1n) is 9.63. The monoisotopic (exact) mass is 493 g/mol. The lowest BCUT2D eigenvalue weighted by Gasteiger charge is -2.11. The van der Waals surface area contributed by atoms with Crippen LogP contribution in [0.2, 0.25) is 0 Å². The van der Waals surface area contributed by atoms with Crippen molar-refractivity contribution in [2.24, 2.45) is 0 Å². The molecule has 1 amide bonds. The largest absolute Gasteiger partial charge is 0.325 e. The molecule has 0 saturated carbocycles. The summed E-state index contributed by atoms with van der Waals surface area (Å²) in [6, 6.07) is 17.6. The van der Waals surface area contributed by atoms with Crippen LogP contribution in [0.5, 0.6) is 0 Å². The maximum atomic E-state index is 12.5. The zero-order valence-corrected chi connectivity index (χ0v) is 19.4. The Kier molecular flexibility index (Phi) is 6.48. The Morgan fingerprint density at radius 3 is 2.58 bits per heavy atom. The van der Waals surface area contributed by atoms with Crippen molar-refractivity contribution in [2.75, 3.05) is 11.1 Å². The first-order chi connectivity index (χ1) is 15.0. The van der Waals surface area contributed by atoms with Crippen LogP contribution in [-0.4, -0.2) is 31.4 Å². The Morgan fingerprint density at radius 1 is 1.06 bits per heavy atom. The normalized spacial score (nSPS) is 10.8. The third kappa shape index (κ3) is 5.03. The Labute approximate surface area is 193 Å². The number of amides is 1. The van der Waals surface area contributed by atoms with Crippen molar-refractivity contribution in [1.82, 2.24) is 19.7 Å². The highest BCUT2D eigenvalue weighted by molar-refractivity contribution is 9.10. The van der Waals surface area contributed by atoms with E-state index < -0.39 is 0 Å². The van der Waals surface area contributed by atoms with Gasteiger partial charge in [-0.05, 0) is 73.5 Å². The lowest BCUT2D eigenvalue weighted by molar-refractivity contribution is -0.113. The van der Waals surface area contributed by atoms with Crippen LogP contribution in [0, 0.1) is 13.8 Å². The van der Waals surface area contributed by atoms with E-state index >= 15 is 0 Å². The summed E-state index contributed by atoms with van der Waals surface area (Å²) in [5.41, 5.74) is 4.88. The lowest BCUT2D eigenvalue weighted by Crippen LogP contribution is -2.14. The van der Waals surface area contributed by atoms with Crippen LogP contribution in [0.3, 0.4) is 0 Å². The number of benzene rings is 2. The number of rotatable bonds is 6. The van der Waals surface area contributed by atoms with Crippen molar-refractivity contribution in [3.8, 4) is 17.1 Å². The number of nitrogens with one attached hydrogen (secondary N) is 1. The van der Waals surface area contributed by atoms with Gasteiger partial charge >= 0.3 is 0 Å². The maximum absolute atomic E-state index is 12.5. The number of hydrogen-bond donors (Lipinski definition) is 1. The van der Waals surface area contributed by atoms with Crippen molar-refractivity contribution in [3.05, 3.63) is 82.6 Å². The summed E-state index contributed by atoms with van der Waals surface area (Å²) in [5, 5.41) is 12.3. The summed E-state index contributed by atoms with van der Waals surface area (Å²) in [5.74, 6) is 0.795. The summed E-state index contributed by atoms with van der Waals surface area (Å²) < 4.78 is 2.92. The molecule has 2 aromatic carbocycles. The highest BCUT2D eigenvalue weighted by Crippen LogP contribution is 2.28. The van der Waals surface area contributed by atoms with Gasteiger partial charge in [0, 0.05) is 33.8 Å². The number of nitrogens with zero attached hydrogens (tertiary/aromatic N) is 4. The number of aryl methyl sites for hydroxylation is 2. The van der Waals surface area contributed by atoms with Crippen LogP contribution < -0.4 is 5.32 Å². The van der Waals surface area contributed by atoms with Crippen molar-refractivity contribution in [1.29, 1.82) is 0 Å². The number of carbonyl (C=O) groups excluding carboxylic acids is 1. The van der Waals surface area contributed by atoms with E-state index in [-0.39, 0.29) is 11.7 Å². The second-order valence-corrected chi connectivity index (χ2v) is 8.85. The van der Waals surface area contributed by atoms with Crippen LogP contribution in [0.1, 0.15) is 11.1 Å². The van der Waals surface area contributed by atoms with E-state index in [9.17, 15) is 4.79 Å². The molecule has 156 valence electrons. The van der Waals surface area contributed by atoms with Crippen LogP contribution >= 0.6 is 27.7 Å². The van der Waals surface area contributed by atoms with E-state index in [0.29, 0.717) is 11.0 Å². The number of halogens is 1. The van der Waals surface area contributed by atoms with Gasteiger partial charge in [0.1, 0.15) is 0 Å². The van der Waals surface area contributed by atoms with Crippen LogP contribution in [-0.2, 0) is 4.79 Å². The van der Waals surface area contributed by atoms with Gasteiger partial charge in [0.2, 0.25) is 5.91 Å². The SMILES string of the molecule is Cc1ccc(NC(=O)CSc2nnc(-c3cccnc3)n2-c2ccc(Br)cc2)cc1C. The molecule has 6 nitrogen and oxygen atoms in total. The van der Waals surface area contributed by atoms with Crippen LogP contribution in [0.25, 0.3) is 17.1 Å². The van der Waals surface area contributed by atoms with Gasteiger partial charge in [-0.1, -0.05) is 33.8 Å². The number of pyridine rings is 1. The predicted octanol–water partition coefficient (Wildman–Crippen LogP) is 5.44. The van der Waals surface area contributed by atoms with Crippen LogP contribution in [0.15, 0.2) is 76.6 Å². The van der Waals surface area contributed by atoms with E-state index in [2.05, 4.69) is 36.4 Å². The number of hydrogen-bond acceptors (Lipinski definition) is 5. The molecule has 0 aliphatic heterocycles. The molecule has 0 aliphatic rings. The molecular formula is C23H20BrN5OS. The molecule has 4 rings (SSSR count). The first-order valence-corrected chi connectivity index (χ1v) is 11.4. The second kappa shape index (κ2) is 9.45. The minimum absolute atomic E-state index is 0.0958. The fraction of sp³-hybridized carbons (Fsp3) is 0.130. The maximum Gasteiger partial charge on any atom is 0.234 e. The molecule has 0 saturated heterocycles. The van der Waals surface area contributed by atoms with Gasteiger partial charge in [0.15, 0.2) is 11.0 Å². The van der Waals surface area contributed by atoms with E-state index in [0.717, 1.165) is 27.0 Å². The van der Waals surface area contributed by atoms with Crippen LogP contribution in [0.4, 0.5) is 5.69 Å². The van der Waals surface area contributed by atoms with E-state index in [4.69, 9.17) is 0 Å². The lowest BCUT2D eigenvalue weighted by atomic mass is 10.1. The molecule has 4 aromatic rings. The average molecular weight is 494 g/mol. The molecule has 2 heterocycles. The minimum atomic E-state index is -0.0958. The van der Waals surface area contributed by atoms with E-state index in [1.807, 2.05) is 73.0 Å². The van der Waals surface area contributed by atoms with Gasteiger partial charge in [-0.25, -0.2) is 0 Å². The predicted molar refractivity (Wildman–Crippen MR) is 128 cm³/mol. The third-order valence-electron chi connectivity index (χ3n) is 4.76. The number of carbonyl (C=O) groups is 1. The molecular weight excluding hydrogens is 474 g/mol. The minimum Gasteiger partial charge on any atom is -0.325 e. The summed E-state index contributed by atoms with van der Waals surface area (Å²) in [6.07, 6.45) is 3.47. The number of aromatic nitrogens is 4. The molecule has 0 atom stereocenters. The Morgan fingerprint density at radius 2 is 1.87 bits per heavy atom. The van der Waals surface area contributed by atoms with Gasteiger partial charge in [0.05, 0.1) is 5.75 Å². The highest BCUT2D eigenvalue weighted by atomic mass is 79.9. The molecule has 0 radical (unpaired) electrons. The molecule has 0 bridgehead atoms. The van der Waals surface area contributed by atoms with Gasteiger partial charge < -0.3 is 5.32 Å². The fourth-order valence-corrected chi connectivity index (χ4v) is 4.03. The fourth-order valence-electron chi connectivity index (χ4n) is 3.01. The van der Waals surface area contributed by atoms with Crippen molar-refractivity contribution in [2.45, 2.75) is 19.0 Å². The zero-order valence-electron chi connectivity index (χ0n) is 17.0. The van der Waals surface area contributed by atoms with E-state index in [1.165, 1.54) is 17.3 Å². The highest BCUT2D eigenvalue weighted by Gasteiger charge is 2.17. The molecule has 1 N–H and O–H groups in total. The van der Waals surface area contributed by atoms with Crippen molar-refractivity contribution >= 4 is 39.3 Å². The van der Waals surface area contributed by atoms with Crippen molar-refractivity contribution < 1.29 is 4.79 Å². The molecule has 31 heavy (non-hydrogen) atoms. The Bertz CT molecular complexity index is 1210. The molecule has 8 heteroatoms. The van der Waals surface area contributed by atoms with Gasteiger partial charge in [-0.15, -0.1) is 10.2 Å². The standard InChI is InChI=1S/C23H20BrN5OS/c1-15-5-8-19(12-16(15)2)26-21(30)14-31-23-28-27-22(17-4-3-11-25-13-17)29(23)20-9-6-18(24)7-10-20/h3-13H,14H2,1-2H3,(H,26,30). The van der Waals surface area contributed by atoms with Gasteiger partial charge in [0.25, 0.3) is 0 Å². The Hall–Kier alpha value is -2.97. The zero-order chi connectivity index (χ0) is 21.8. The first kappa shape index (κ1) is 21.3. The molecule has 0 spiro atoms. The van der Waals surface area contributed by atoms with Gasteiger partial charge in [-0.2, -0.15) is 0 Å². The van der Waals surface area contributed by atoms with Crippen molar-refractivity contribution in [3.63, 3.8) is 0 Å². The third-order valence-corrected chi connectivity index (χ3v) is 6.22. The summed E-state index contributed by atoms with van der Waals surface area (Å²) in [7, 11) is 0. The molecule has 0 aliphatic carbocycles. The summed E-state index contributed by atoms with van der Waals surface area (Å²) in [4.78, 5) is 16.7. The quantitative estimate of drug-likeness (QED) is 0.362. The molecule has 2 aromatic heterocycles. The second-order valence-electron chi connectivity index (χ2n) is 7.00. The molecule has 0 unspecified atom stereocenters. The smallest absolute Gasteiger partial charge is 0.234 e. The topological polar surface area (TPSA) is 72.7 Å². The van der Waals surface area contributed by atoms with Gasteiger partial charge in [-0.3, -0.25) is 14.3 Å². The summed E-state index contributed by atoms with van der Waals surface area (Å²) >= 11 is 4.81. The Balaban J connectivity index is 1.57. The average Bonchev–Trinajstić information content (AvgIpc) is 3.20.